The molecule has 1 atom stereocenters. The first-order valence-electron chi connectivity index (χ1n) is 5.78. The van der Waals surface area contributed by atoms with Gasteiger partial charge in [0.1, 0.15) is 5.54 Å². The van der Waals surface area contributed by atoms with E-state index in [1.807, 2.05) is 0 Å². The summed E-state index contributed by atoms with van der Waals surface area (Å²) in [6, 6.07) is 0.555. The number of hydrogen-bond donors (Lipinski definition) is 1. The van der Waals surface area contributed by atoms with E-state index in [0.717, 1.165) is 30.9 Å². The first-order valence-corrected chi connectivity index (χ1v) is 6.94. The minimum absolute atomic E-state index is 0.540. The van der Waals surface area contributed by atoms with Crippen molar-refractivity contribution in [1.29, 1.82) is 0 Å². The lowest BCUT2D eigenvalue weighted by Gasteiger charge is -2.37. The summed E-state index contributed by atoms with van der Waals surface area (Å²) in [5.74, 6) is 1.17. The molecule has 0 aromatic rings. The van der Waals surface area contributed by atoms with Gasteiger partial charge in [0.25, 0.3) is 0 Å². The Morgan fingerprint density at radius 1 is 1.60 bits per heavy atom. The van der Waals surface area contributed by atoms with E-state index in [4.69, 9.17) is 0 Å². The zero-order chi connectivity index (χ0) is 10.9. The molecule has 1 saturated heterocycles. The molecule has 1 aliphatic carbocycles. The Balaban J connectivity index is 2.16. The van der Waals surface area contributed by atoms with Crippen LogP contribution in [0.5, 0.6) is 0 Å². The van der Waals surface area contributed by atoms with Gasteiger partial charge in [-0.05, 0) is 38.0 Å². The topological polar surface area (TPSA) is 40.5 Å². The van der Waals surface area contributed by atoms with Crippen molar-refractivity contribution >= 4 is 17.7 Å². The van der Waals surface area contributed by atoms with Crippen LogP contribution in [-0.2, 0) is 4.79 Å². The molecule has 0 aromatic carbocycles. The molecule has 86 valence electrons. The summed E-state index contributed by atoms with van der Waals surface area (Å²) < 4.78 is 0. The Kier molecular flexibility index (Phi) is 3.26. The number of carboxylic acid groups (broad SMARTS) is 1. The molecule has 0 bridgehead atoms. The SMILES string of the molecule is CCCN(C1CC1)C1(C(=O)O)CCSC1. The Morgan fingerprint density at radius 2 is 2.33 bits per heavy atom. The molecule has 0 aromatic heterocycles. The monoisotopic (exact) mass is 229 g/mol. The Morgan fingerprint density at radius 3 is 2.73 bits per heavy atom. The van der Waals surface area contributed by atoms with Gasteiger partial charge in [-0.25, -0.2) is 0 Å². The maximum absolute atomic E-state index is 11.5. The Bertz CT molecular complexity index is 247. The summed E-state index contributed by atoms with van der Waals surface area (Å²) in [5, 5.41) is 9.48. The van der Waals surface area contributed by atoms with Crippen molar-refractivity contribution in [2.75, 3.05) is 18.1 Å². The minimum Gasteiger partial charge on any atom is -0.480 e. The van der Waals surface area contributed by atoms with Crippen LogP contribution in [0.15, 0.2) is 0 Å². The van der Waals surface area contributed by atoms with Gasteiger partial charge in [0.05, 0.1) is 0 Å². The maximum atomic E-state index is 11.5. The number of aliphatic carboxylic acids is 1. The number of carboxylic acids is 1. The van der Waals surface area contributed by atoms with Gasteiger partial charge in [0.15, 0.2) is 0 Å². The van der Waals surface area contributed by atoms with Crippen molar-refractivity contribution in [3.63, 3.8) is 0 Å². The fourth-order valence-corrected chi connectivity index (χ4v) is 3.84. The zero-order valence-corrected chi connectivity index (χ0v) is 10.1. The lowest BCUT2D eigenvalue weighted by atomic mass is 9.96. The molecule has 0 spiro atoms. The van der Waals surface area contributed by atoms with Crippen molar-refractivity contribution in [3.05, 3.63) is 0 Å². The van der Waals surface area contributed by atoms with E-state index in [-0.39, 0.29) is 0 Å². The largest absolute Gasteiger partial charge is 0.480 e. The average molecular weight is 229 g/mol. The molecule has 15 heavy (non-hydrogen) atoms. The number of carbonyl (C=O) groups is 1. The van der Waals surface area contributed by atoms with Crippen LogP contribution in [0.1, 0.15) is 32.6 Å². The van der Waals surface area contributed by atoms with E-state index in [1.165, 1.54) is 12.8 Å². The van der Waals surface area contributed by atoms with Crippen LogP contribution >= 0.6 is 11.8 Å². The summed E-state index contributed by atoms with van der Waals surface area (Å²) in [6.45, 7) is 3.07. The molecule has 1 heterocycles. The van der Waals surface area contributed by atoms with Gasteiger partial charge in [-0.3, -0.25) is 9.69 Å². The third-order valence-corrected chi connectivity index (χ3v) is 4.58. The van der Waals surface area contributed by atoms with Gasteiger partial charge < -0.3 is 5.11 Å². The van der Waals surface area contributed by atoms with Crippen LogP contribution in [0.3, 0.4) is 0 Å². The van der Waals surface area contributed by atoms with Gasteiger partial charge in [0.2, 0.25) is 0 Å². The maximum Gasteiger partial charge on any atom is 0.325 e. The van der Waals surface area contributed by atoms with Crippen molar-refractivity contribution in [2.24, 2.45) is 0 Å². The van der Waals surface area contributed by atoms with E-state index in [0.29, 0.717) is 6.04 Å². The second kappa shape index (κ2) is 4.34. The lowest BCUT2D eigenvalue weighted by Crippen LogP contribution is -2.56. The quantitative estimate of drug-likeness (QED) is 0.780. The summed E-state index contributed by atoms with van der Waals surface area (Å²) in [4.78, 5) is 13.8. The highest BCUT2D eigenvalue weighted by Gasteiger charge is 2.51. The fourth-order valence-electron chi connectivity index (χ4n) is 2.45. The second-order valence-corrected chi connectivity index (χ2v) is 5.67. The molecule has 2 fully saturated rings. The number of hydrogen-bond acceptors (Lipinski definition) is 3. The standard InChI is InChI=1S/C11H19NO2S/c1-2-6-12(9-3-4-9)11(10(13)14)5-7-15-8-11/h9H,2-8H2,1H3,(H,13,14). The second-order valence-electron chi connectivity index (χ2n) is 4.56. The predicted molar refractivity (Wildman–Crippen MR) is 62.3 cm³/mol. The highest BCUT2D eigenvalue weighted by Crippen LogP contribution is 2.40. The van der Waals surface area contributed by atoms with Gasteiger partial charge in [-0.1, -0.05) is 6.92 Å². The number of rotatable bonds is 5. The Labute approximate surface area is 95.2 Å². The molecule has 4 heteroatoms. The summed E-state index contributed by atoms with van der Waals surface area (Å²) >= 11 is 1.79. The van der Waals surface area contributed by atoms with Gasteiger partial charge in [0, 0.05) is 11.8 Å². The highest BCUT2D eigenvalue weighted by atomic mass is 32.2. The molecule has 0 radical (unpaired) electrons. The van der Waals surface area contributed by atoms with Gasteiger partial charge in [-0.15, -0.1) is 0 Å². The van der Waals surface area contributed by atoms with Crippen LogP contribution in [0.4, 0.5) is 0 Å². The van der Waals surface area contributed by atoms with Crippen molar-refractivity contribution < 1.29 is 9.90 Å². The van der Waals surface area contributed by atoms with E-state index in [9.17, 15) is 9.90 Å². The van der Waals surface area contributed by atoms with Crippen LogP contribution < -0.4 is 0 Å². The molecule has 3 nitrogen and oxygen atoms in total. The van der Waals surface area contributed by atoms with E-state index < -0.39 is 11.5 Å². The number of nitrogens with zero attached hydrogens (tertiary/aromatic N) is 1. The molecule has 2 rings (SSSR count). The molecular formula is C11H19NO2S. The summed E-state index contributed by atoms with van der Waals surface area (Å²) in [6.07, 6.45) is 4.26. The molecule has 2 aliphatic rings. The molecule has 1 saturated carbocycles. The third kappa shape index (κ3) is 2.02. The normalized spacial score (nSPS) is 31.1. The molecular weight excluding hydrogens is 210 g/mol. The van der Waals surface area contributed by atoms with Crippen LogP contribution in [0.25, 0.3) is 0 Å². The molecule has 1 unspecified atom stereocenters. The smallest absolute Gasteiger partial charge is 0.325 e. The lowest BCUT2D eigenvalue weighted by molar-refractivity contribution is -0.150. The van der Waals surface area contributed by atoms with Crippen LogP contribution in [0, 0.1) is 0 Å². The average Bonchev–Trinajstić information content (AvgIpc) is 2.91. The molecule has 1 N–H and O–H groups in total. The van der Waals surface area contributed by atoms with E-state index in [2.05, 4.69) is 11.8 Å². The van der Waals surface area contributed by atoms with Crippen molar-refractivity contribution in [1.82, 2.24) is 4.90 Å². The summed E-state index contributed by atoms with van der Waals surface area (Å²) in [5.41, 5.74) is -0.540. The molecule has 1 aliphatic heterocycles. The van der Waals surface area contributed by atoms with E-state index in [1.54, 1.807) is 11.8 Å². The first kappa shape index (κ1) is 11.3. The van der Waals surface area contributed by atoms with Gasteiger partial charge in [-0.2, -0.15) is 11.8 Å². The van der Waals surface area contributed by atoms with Crippen molar-refractivity contribution in [2.45, 2.75) is 44.2 Å². The first-order chi connectivity index (χ1) is 7.20. The number of thioether (sulfide) groups is 1. The van der Waals surface area contributed by atoms with Crippen LogP contribution in [-0.4, -0.2) is 45.6 Å². The minimum atomic E-state index is -0.604. The predicted octanol–water partition coefficient (Wildman–Crippen LogP) is 1.82. The Hall–Kier alpha value is -0.220. The zero-order valence-electron chi connectivity index (χ0n) is 9.24. The highest BCUT2D eigenvalue weighted by molar-refractivity contribution is 7.99. The summed E-state index contributed by atoms with van der Waals surface area (Å²) in [7, 11) is 0. The molecule has 0 amide bonds. The van der Waals surface area contributed by atoms with Crippen LogP contribution in [0.2, 0.25) is 0 Å². The fraction of sp³-hybridized carbons (Fsp3) is 0.909. The van der Waals surface area contributed by atoms with Crippen molar-refractivity contribution in [3.8, 4) is 0 Å². The van der Waals surface area contributed by atoms with E-state index >= 15 is 0 Å². The third-order valence-electron chi connectivity index (χ3n) is 3.40. The van der Waals surface area contributed by atoms with Gasteiger partial charge >= 0.3 is 5.97 Å².